The highest BCUT2D eigenvalue weighted by atomic mass is 32.1. The van der Waals surface area contributed by atoms with E-state index in [-0.39, 0.29) is 12.1 Å². The van der Waals surface area contributed by atoms with E-state index in [0.717, 1.165) is 34.3 Å². The van der Waals surface area contributed by atoms with Crippen LogP contribution in [0.3, 0.4) is 0 Å². The summed E-state index contributed by atoms with van der Waals surface area (Å²) in [7, 11) is 0. The number of pyridine rings is 1. The zero-order chi connectivity index (χ0) is 24.3. The molecule has 1 saturated heterocycles. The van der Waals surface area contributed by atoms with Crippen molar-refractivity contribution in [1.82, 2.24) is 14.9 Å². The van der Waals surface area contributed by atoms with Gasteiger partial charge in [-0.25, -0.2) is 0 Å². The molecular formula is C30H24N4OS. The monoisotopic (exact) mass is 488 g/mol. The number of nitrogens with zero attached hydrogens (tertiary/aromatic N) is 3. The minimum atomic E-state index is -0.115. The molecule has 0 spiro atoms. The number of anilines is 1. The van der Waals surface area contributed by atoms with Crippen molar-refractivity contribution in [1.29, 1.82) is 0 Å². The van der Waals surface area contributed by atoms with E-state index in [2.05, 4.69) is 74.5 Å². The summed E-state index contributed by atoms with van der Waals surface area (Å²) in [6.45, 7) is 0. The highest BCUT2D eigenvalue weighted by Crippen LogP contribution is 2.42. The summed E-state index contributed by atoms with van der Waals surface area (Å²) in [4.78, 5) is 6.85. The lowest BCUT2D eigenvalue weighted by Gasteiger charge is -2.29. The summed E-state index contributed by atoms with van der Waals surface area (Å²) in [5.74, 6) is 1.57. The Labute approximate surface area is 215 Å². The second-order valence-electron chi connectivity index (χ2n) is 8.54. The summed E-state index contributed by atoms with van der Waals surface area (Å²) in [5, 5.41) is 4.20. The second-order valence-corrected chi connectivity index (χ2v) is 8.93. The maximum atomic E-state index is 6.01. The molecule has 1 N–H and O–H groups in total. The van der Waals surface area contributed by atoms with Gasteiger partial charge in [0.15, 0.2) is 5.11 Å². The van der Waals surface area contributed by atoms with Gasteiger partial charge in [-0.3, -0.25) is 4.98 Å². The van der Waals surface area contributed by atoms with Crippen molar-refractivity contribution in [2.24, 2.45) is 0 Å². The molecule has 6 rings (SSSR count). The van der Waals surface area contributed by atoms with E-state index in [1.54, 1.807) is 0 Å². The molecule has 2 aromatic heterocycles. The van der Waals surface area contributed by atoms with Gasteiger partial charge in [0, 0.05) is 29.5 Å². The molecule has 5 nitrogen and oxygen atoms in total. The summed E-state index contributed by atoms with van der Waals surface area (Å²) in [5.41, 5.74) is 4.14. The quantitative estimate of drug-likeness (QED) is 0.265. The zero-order valence-electron chi connectivity index (χ0n) is 19.4. The zero-order valence-corrected chi connectivity index (χ0v) is 20.3. The Bertz CT molecular complexity index is 1450. The van der Waals surface area contributed by atoms with Gasteiger partial charge in [0.05, 0.1) is 11.7 Å². The Kier molecular flexibility index (Phi) is 5.93. The lowest BCUT2D eigenvalue weighted by molar-refractivity contribution is 0.482. The van der Waals surface area contributed by atoms with Crippen LogP contribution in [0, 0.1) is 0 Å². The van der Waals surface area contributed by atoms with Crippen molar-refractivity contribution in [3.05, 3.63) is 139 Å². The van der Waals surface area contributed by atoms with Crippen molar-refractivity contribution in [3.63, 3.8) is 0 Å². The third-order valence-corrected chi connectivity index (χ3v) is 6.62. The van der Waals surface area contributed by atoms with Crippen molar-refractivity contribution in [3.8, 4) is 17.2 Å². The Balaban J connectivity index is 1.40. The third-order valence-electron chi connectivity index (χ3n) is 6.31. The molecule has 176 valence electrons. The molecule has 1 aliphatic rings. The smallest absolute Gasteiger partial charge is 0.174 e. The molecule has 36 heavy (non-hydrogen) atoms. The van der Waals surface area contributed by atoms with Crippen LogP contribution < -0.4 is 15.0 Å². The minimum absolute atomic E-state index is 0.108. The number of nitrogens with one attached hydrogen (secondary N) is 1. The van der Waals surface area contributed by atoms with E-state index in [1.807, 2.05) is 72.9 Å². The van der Waals surface area contributed by atoms with Gasteiger partial charge in [0.2, 0.25) is 0 Å². The van der Waals surface area contributed by atoms with Gasteiger partial charge in [0.25, 0.3) is 0 Å². The highest BCUT2D eigenvalue weighted by Gasteiger charge is 2.42. The topological polar surface area (TPSA) is 42.3 Å². The standard InChI is InChI=1S/C30H24N4OS/c36-30-32-28(26-14-7-8-20-31-26)29(27-15-9-21-33(27)22-10-3-1-4-11-22)34(30)23-16-18-25(19-17-23)35-24-12-5-2-6-13-24/h1-21,28-29H,(H,32,36). The first kappa shape index (κ1) is 22.1. The lowest BCUT2D eigenvalue weighted by Crippen LogP contribution is -2.30. The highest BCUT2D eigenvalue weighted by molar-refractivity contribution is 7.80. The van der Waals surface area contributed by atoms with Gasteiger partial charge in [-0.1, -0.05) is 42.5 Å². The number of hydrogen-bond acceptors (Lipinski definition) is 3. The number of hydrogen-bond donors (Lipinski definition) is 1. The van der Waals surface area contributed by atoms with Crippen LogP contribution in [0.1, 0.15) is 23.5 Å². The molecule has 1 fully saturated rings. The first-order valence-corrected chi connectivity index (χ1v) is 12.2. The summed E-state index contributed by atoms with van der Waals surface area (Å²) in [6, 6.07) is 38.2. The minimum Gasteiger partial charge on any atom is -0.457 e. The number of ether oxygens (including phenoxy) is 1. The Morgan fingerprint density at radius 1 is 0.694 bits per heavy atom. The van der Waals surface area contributed by atoms with Gasteiger partial charge in [0.1, 0.15) is 17.5 Å². The number of thiocarbonyl (C=S) groups is 1. The first-order valence-electron chi connectivity index (χ1n) is 11.8. The molecule has 0 radical (unpaired) electrons. The van der Waals surface area contributed by atoms with Crippen LogP contribution in [-0.4, -0.2) is 14.7 Å². The first-order chi connectivity index (χ1) is 17.8. The largest absolute Gasteiger partial charge is 0.457 e. The van der Waals surface area contributed by atoms with E-state index in [9.17, 15) is 0 Å². The van der Waals surface area contributed by atoms with Gasteiger partial charge in [-0.05, 0) is 85.0 Å². The molecule has 6 heteroatoms. The molecule has 0 bridgehead atoms. The fraction of sp³-hybridized carbons (Fsp3) is 0.0667. The summed E-state index contributed by atoms with van der Waals surface area (Å²) >= 11 is 5.89. The van der Waals surface area contributed by atoms with Crippen LogP contribution in [0.5, 0.6) is 11.5 Å². The van der Waals surface area contributed by atoms with Crippen LogP contribution in [-0.2, 0) is 0 Å². The maximum absolute atomic E-state index is 6.01. The molecule has 0 aliphatic carbocycles. The average Bonchev–Trinajstić information content (AvgIpc) is 3.55. The molecule has 2 atom stereocenters. The summed E-state index contributed by atoms with van der Waals surface area (Å²) in [6.07, 6.45) is 3.92. The molecule has 0 saturated carbocycles. The third kappa shape index (κ3) is 4.23. The van der Waals surface area contributed by atoms with Crippen LogP contribution >= 0.6 is 12.2 Å². The Hall–Kier alpha value is -4.42. The molecule has 3 aromatic carbocycles. The molecule has 5 aromatic rings. The van der Waals surface area contributed by atoms with Crippen molar-refractivity contribution < 1.29 is 4.74 Å². The van der Waals surface area contributed by atoms with E-state index in [4.69, 9.17) is 17.0 Å². The molecule has 3 heterocycles. The van der Waals surface area contributed by atoms with Gasteiger partial charge in [-0.15, -0.1) is 0 Å². The van der Waals surface area contributed by atoms with Crippen LogP contribution in [0.2, 0.25) is 0 Å². The number of rotatable bonds is 6. The van der Waals surface area contributed by atoms with E-state index >= 15 is 0 Å². The average molecular weight is 489 g/mol. The summed E-state index contributed by atoms with van der Waals surface area (Å²) < 4.78 is 8.23. The number of aromatic nitrogens is 2. The van der Waals surface area contributed by atoms with Crippen molar-refractivity contribution in [2.75, 3.05) is 4.90 Å². The molecule has 0 amide bonds. The predicted octanol–water partition coefficient (Wildman–Crippen LogP) is 6.84. The van der Waals surface area contributed by atoms with Crippen LogP contribution in [0.25, 0.3) is 5.69 Å². The maximum Gasteiger partial charge on any atom is 0.174 e. The van der Waals surface area contributed by atoms with E-state index in [1.165, 1.54) is 0 Å². The fourth-order valence-electron chi connectivity index (χ4n) is 4.69. The fourth-order valence-corrected chi connectivity index (χ4v) is 5.04. The van der Waals surface area contributed by atoms with Crippen molar-refractivity contribution in [2.45, 2.75) is 12.1 Å². The van der Waals surface area contributed by atoms with Gasteiger partial charge in [-0.2, -0.15) is 0 Å². The SMILES string of the molecule is S=C1NC(c2ccccn2)C(c2cccn2-c2ccccc2)N1c1ccc(Oc2ccccc2)cc1. The van der Waals surface area contributed by atoms with Crippen molar-refractivity contribution >= 4 is 23.0 Å². The number of benzene rings is 3. The second kappa shape index (κ2) is 9.68. The number of para-hydroxylation sites is 2. The predicted molar refractivity (Wildman–Crippen MR) is 147 cm³/mol. The van der Waals surface area contributed by atoms with Gasteiger partial charge >= 0.3 is 0 Å². The molecule has 1 aliphatic heterocycles. The van der Waals surface area contributed by atoms with Crippen LogP contribution in [0.15, 0.2) is 128 Å². The van der Waals surface area contributed by atoms with E-state index in [0.29, 0.717) is 5.11 Å². The van der Waals surface area contributed by atoms with Gasteiger partial charge < -0.3 is 19.5 Å². The lowest BCUT2D eigenvalue weighted by atomic mass is 10.0. The normalized spacial score (nSPS) is 17.1. The molecule has 2 unspecified atom stereocenters. The Morgan fingerprint density at radius 2 is 1.39 bits per heavy atom. The Morgan fingerprint density at radius 3 is 2.11 bits per heavy atom. The van der Waals surface area contributed by atoms with Crippen LogP contribution in [0.4, 0.5) is 5.69 Å². The molecular weight excluding hydrogens is 464 g/mol. The van der Waals surface area contributed by atoms with E-state index < -0.39 is 0 Å².